The minimum atomic E-state index is -0.321. The van der Waals surface area contributed by atoms with E-state index in [2.05, 4.69) is 20.4 Å². The van der Waals surface area contributed by atoms with Gasteiger partial charge in [0.05, 0.1) is 0 Å². The molecule has 0 aliphatic carbocycles. The molecule has 0 amide bonds. The van der Waals surface area contributed by atoms with Crippen LogP contribution in [0.5, 0.6) is 0 Å². The second kappa shape index (κ2) is 2.38. The van der Waals surface area contributed by atoms with E-state index in [9.17, 15) is 4.79 Å². The zero-order valence-electron chi connectivity index (χ0n) is 7.01. The largest absolute Gasteiger partial charge is 0.295 e. The van der Waals surface area contributed by atoms with E-state index in [1.54, 1.807) is 16.7 Å². The quantitative estimate of drug-likeness (QED) is 0.536. The average Bonchev–Trinajstić information content (AvgIpc) is 2.59. The number of nitrogens with one attached hydrogen (secondary N) is 1. The fraction of sp³-hybridized carbons (Fsp3) is 0. The fourth-order valence-corrected chi connectivity index (χ4v) is 1.40. The maximum Gasteiger partial charge on any atom is 0.295 e. The van der Waals surface area contributed by atoms with E-state index in [-0.39, 0.29) is 5.56 Å². The van der Waals surface area contributed by atoms with Crippen molar-refractivity contribution in [2.75, 3.05) is 0 Å². The Morgan fingerprint density at radius 1 is 1.36 bits per heavy atom. The number of fused-ring (bicyclic) bond motifs is 3. The summed E-state index contributed by atoms with van der Waals surface area (Å²) in [6, 6.07) is 5.50. The zero-order chi connectivity index (χ0) is 9.54. The van der Waals surface area contributed by atoms with Crippen molar-refractivity contribution >= 4 is 16.8 Å². The van der Waals surface area contributed by atoms with Crippen molar-refractivity contribution in [2.45, 2.75) is 0 Å². The standard InChI is InChI=1S/C8H5N5O/c14-8-6-7(10-12-11-8)13-4-2-1-3-5(13)9-6/h1-4H,(H,10,11,14). The number of hydrogen-bond acceptors (Lipinski definition) is 4. The van der Waals surface area contributed by atoms with Crippen LogP contribution in [0.2, 0.25) is 0 Å². The van der Waals surface area contributed by atoms with Crippen molar-refractivity contribution in [3.8, 4) is 0 Å². The highest BCUT2D eigenvalue weighted by Gasteiger charge is 2.07. The molecule has 0 saturated carbocycles. The first-order valence-electron chi connectivity index (χ1n) is 4.04. The van der Waals surface area contributed by atoms with E-state index >= 15 is 0 Å². The van der Waals surface area contributed by atoms with Crippen molar-refractivity contribution in [1.82, 2.24) is 24.8 Å². The normalized spacial score (nSPS) is 11.1. The van der Waals surface area contributed by atoms with Gasteiger partial charge in [-0.1, -0.05) is 11.3 Å². The number of H-pyrrole nitrogens is 1. The minimum Gasteiger partial charge on any atom is -0.282 e. The SMILES string of the molecule is O=c1[nH]nnc2c1nc1ccccn12. The molecule has 3 heterocycles. The molecule has 0 unspecified atom stereocenters. The Morgan fingerprint density at radius 2 is 2.29 bits per heavy atom. The molecule has 14 heavy (non-hydrogen) atoms. The molecule has 0 fully saturated rings. The maximum atomic E-state index is 11.3. The molecule has 0 aliphatic rings. The van der Waals surface area contributed by atoms with Gasteiger partial charge in [-0.05, 0) is 12.1 Å². The predicted molar refractivity (Wildman–Crippen MR) is 48.9 cm³/mol. The van der Waals surface area contributed by atoms with Crippen LogP contribution in [0, 0.1) is 0 Å². The summed E-state index contributed by atoms with van der Waals surface area (Å²) in [6.45, 7) is 0. The topological polar surface area (TPSA) is 75.9 Å². The second-order valence-corrected chi connectivity index (χ2v) is 2.85. The molecule has 0 aliphatic heterocycles. The van der Waals surface area contributed by atoms with Crippen molar-refractivity contribution in [2.24, 2.45) is 0 Å². The average molecular weight is 187 g/mol. The molecule has 0 bridgehead atoms. The van der Waals surface area contributed by atoms with Crippen LogP contribution < -0.4 is 5.56 Å². The van der Waals surface area contributed by atoms with E-state index in [0.717, 1.165) is 0 Å². The molecular weight excluding hydrogens is 182 g/mol. The molecule has 68 valence electrons. The monoisotopic (exact) mass is 187 g/mol. The summed E-state index contributed by atoms with van der Waals surface area (Å²) in [5, 5.41) is 9.55. The summed E-state index contributed by atoms with van der Waals surface area (Å²) < 4.78 is 1.72. The number of nitrogens with zero attached hydrogens (tertiary/aromatic N) is 4. The zero-order valence-corrected chi connectivity index (χ0v) is 7.01. The van der Waals surface area contributed by atoms with Crippen molar-refractivity contribution in [1.29, 1.82) is 0 Å². The molecule has 6 heteroatoms. The Hall–Kier alpha value is -2.24. The van der Waals surface area contributed by atoms with Gasteiger partial charge in [0.1, 0.15) is 5.65 Å². The first kappa shape index (κ1) is 7.19. The Bertz CT molecular complexity index is 668. The smallest absolute Gasteiger partial charge is 0.282 e. The van der Waals surface area contributed by atoms with Gasteiger partial charge in [-0.15, -0.1) is 5.10 Å². The van der Waals surface area contributed by atoms with Crippen LogP contribution in [0.4, 0.5) is 0 Å². The van der Waals surface area contributed by atoms with Gasteiger partial charge in [-0.3, -0.25) is 9.20 Å². The summed E-state index contributed by atoms with van der Waals surface area (Å²) in [4.78, 5) is 15.4. The molecule has 3 rings (SSSR count). The fourth-order valence-electron chi connectivity index (χ4n) is 1.40. The molecule has 3 aromatic heterocycles. The van der Waals surface area contributed by atoms with Crippen LogP contribution in [0.15, 0.2) is 29.2 Å². The first-order valence-corrected chi connectivity index (χ1v) is 4.04. The van der Waals surface area contributed by atoms with Gasteiger partial charge in [0.2, 0.25) is 0 Å². The summed E-state index contributed by atoms with van der Waals surface area (Å²) >= 11 is 0. The number of hydrogen-bond donors (Lipinski definition) is 1. The summed E-state index contributed by atoms with van der Waals surface area (Å²) in [5.74, 6) is 0. The number of aromatic nitrogens is 5. The Labute approximate surface area is 77.2 Å². The molecule has 0 atom stereocenters. The summed E-state index contributed by atoms with van der Waals surface area (Å²) in [7, 11) is 0. The predicted octanol–water partition coefficient (Wildman–Crippen LogP) is -0.0342. The third kappa shape index (κ3) is 0.792. The highest BCUT2D eigenvalue weighted by molar-refractivity contribution is 5.74. The molecule has 0 saturated heterocycles. The lowest BCUT2D eigenvalue weighted by atomic mass is 10.5. The molecular formula is C8H5N5O. The Balaban J connectivity index is 2.70. The number of rotatable bonds is 0. The summed E-state index contributed by atoms with van der Waals surface area (Å²) in [5.41, 5.74) is 1.16. The highest BCUT2D eigenvalue weighted by Crippen LogP contribution is 2.08. The van der Waals surface area contributed by atoms with Crippen molar-refractivity contribution in [3.63, 3.8) is 0 Å². The van der Waals surface area contributed by atoms with Crippen LogP contribution >= 0.6 is 0 Å². The number of aromatic amines is 1. The van der Waals surface area contributed by atoms with Crippen LogP contribution in [-0.4, -0.2) is 24.8 Å². The lowest BCUT2D eigenvalue weighted by Gasteiger charge is -1.89. The Kier molecular flexibility index (Phi) is 1.22. The third-order valence-electron chi connectivity index (χ3n) is 2.02. The van der Waals surface area contributed by atoms with Crippen LogP contribution in [0.1, 0.15) is 0 Å². The first-order chi connectivity index (χ1) is 6.86. The molecule has 3 aromatic rings. The van der Waals surface area contributed by atoms with E-state index in [1.165, 1.54) is 0 Å². The van der Waals surface area contributed by atoms with Crippen molar-refractivity contribution < 1.29 is 0 Å². The van der Waals surface area contributed by atoms with E-state index < -0.39 is 0 Å². The highest BCUT2D eigenvalue weighted by atomic mass is 16.1. The molecule has 0 aromatic carbocycles. The molecule has 0 radical (unpaired) electrons. The number of pyridine rings is 1. The second-order valence-electron chi connectivity index (χ2n) is 2.85. The lowest BCUT2D eigenvalue weighted by molar-refractivity contribution is 0.860. The molecule has 0 spiro atoms. The van der Waals surface area contributed by atoms with Crippen molar-refractivity contribution in [3.05, 3.63) is 34.7 Å². The van der Waals surface area contributed by atoms with Gasteiger partial charge in [-0.25, -0.2) is 10.1 Å². The van der Waals surface area contributed by atoms with E-state index in [0.29, 0.717) is 16.8 Å². The molecule has 6 nitrogen and oxygen atoms in total. The third-order valence-corrected chi connectivity index (χ3v) is 2.02. The summed E-state index contributed by atoms with van der Waals surface area (Å²) in [6.07, 6.45) is 1.79. The van der Waals surface area contributed by atoms with Gasteiger partial charge >= 0.3 is 0 Å². The van der Waals surface area contributed by atoms with Crippen LogP contribution in [0.3, 0.4) is 0 Å². The van der Waals surface area contributed by atoms with Gasteiger partial charge in [0.15, 0.2) is 11.2 Å². The minimum absolute atomic E-state index is 0.311. The van der Waals surface area contributed by atoms with E-state index in [1.807, 2.05) is 12.1 Å². The number of imidazole rings is 1. The van der Waals surface area contributed by atoms with Crippen LogP contribution in [-0.2, 0) is 0 Å². The van der Waals surface area contributed by atoms with Gasteiger partial charge < -0.3 is 0 Å². The van der Waals surface area contributed by atoms with Gasteiger partial charge in [0, 0.05) is 6.20 Å². The lowest BCUT2D eigenvalue weighted by Crippen LogP contribution is -2.09. The van der Waals surface area contributed by atoms with E-state index in [4.69, 9.17) is 0 Å². The Morgan fingerprint density at radius 3 is 3.21 bits per heavy atom. The van der Waals surface area contributed by atoms with Gasteiger partial charge in [-0.2, -0.15) is 0 Å². The molecule has 1 N–H and O–H groups in total. The maximum absolute atomic E-state index is 11.3. The van der Waals surface area contributed by atoms with Crippen LogP contribution in [0.25, 0.3) is 16.8 Å². The van der Waals surface area contributed by atoms with Gasteiger partial charge in [0.25, 0.3) is 5.56 Å².